The third-order valence-corrected chi connectivity index (χ3v) is 6.49. The lowest BCUT2D eigenvalue weighted by atomic mass is 10.1. The summed E-state index contributed by atoms with van der Waals surface area (Å²) in [4.78, 5) is 23.4. The number of rotatable bonds is 6. The predicted molar refractivity (Wildman–Crippen MR) is 109 cm³/mol. The Morgan fingerprint density at radius 2 is 1.96 bits per heavy atom. The van der Waals surface area contributed by atoms with E-state index in [2.05, 4.69) is 27.4 Å². The van der Waals surface area contributed by atoms with Gasteiger partial charge in [-0.3, -0.25) is 4.79 Å². The first-order chi connectivity index (χ1) is 12.8. The molecule has 4 nitrogen and oxygen atoms in total. The molecular weight excluding hydrogens is 382 g/mol. The van der Waals surface area contributed by atoms with Crippen LogP contribution >= 0.6 is 34.0 Å². The van der Waals surface area contributed by atoms with Gasteiger partial charge in [-0.2, -0.15) is 0 Å². The second-order valence-corrected chi connectivity index (χ2v) is 8.56. The Labute approximate surface area is 163 Å². The summed E-state index contributed by atoms with van der Waals surface area (Å²) in [5, 5.41) is 8.44. The molecule has 0 aliphatic rings. The van der Waals surface area contributed by atoms with Gasteiger partial charge < -0.3 is 5.32 Å². The second kappa shape index (κ2) is 7.90. The fourth-order valence-corrected chi connectivity index (χ4v) is 4.97. The molecule has 0 aliphatic heterocycles. The van der Waals surface area contributed by atoms with Crippen molar-refractivity contribution in [1.82, 2.24) is 9.97 Å². The van der Waals surface area contributed by atoms with Crippen molar-refractivity contribution in [3.05, 3.63) is 75.6 Å². The number of nitrogens with one attached hydrogen (secondary N) is 1. The van der Waals surface area contributed by atoms with Crippen molar-refractivity contribution < 1.29 is 4.79 Å². The first kappa shape index (κ1) is 17.1. The zero-order valence-corrected chi connectivity index (χ0v) is 16.2. The van der Waals surface area contributed by atoms with Gasteiger partial charge in [0.2, 0.25) is 5.91 Å². The summed E-state index contributed by atoms with van der Waals surface area (Å²) in [5.41, 5.74) is 2.02. The minimum atomic E-state index is -0.0892. The topological polar surface area (TPSA) is 54.9 Å². The van der Waals surface area contributed by atoms with Crippen molar-refractivity contribution in [2.75, 3.05) is 5.32 Å². The number of aromatic nitrogens is 2. The number of carbonyl (C=O) groups excluding carboxylic acids is 1. The van der Waals surface area contributed by atoms with Gasteiger partial charge in [0.15, 0.2) is 5.13 Å². The maximum atomic E-state index is 12.3. The maximum Gasteiger partial charge on any atom is 0.232 e. The van der Waals surface area contributed by atoms with Crippen LogP contribution in [-0.4, -0.2) is 15.9 Å². The van der Waals surface area contributed by atoms with Crippen molar-refractivity contribution in [2.24, 2.45) is 0 Å². The van der Waals surface area contributed by atoms with Crippen LogP contribution in [-0.2, 0) is 17.6 Å². The van der Waals surface area contributed by atoms with Gasteiger partial charge in [-0.15, -0.1) is 34.0 Å². The molecule has 1 N–H and O–H groups in total. The van der Waals surface area contributed by atoms with Gasteiger partial charge in [0.25, 0.3) is 0 Å². The van der Waals surface area contributed by atoms with Gasteiger partial charge in [-0.25, -0.2) is 9.97 Å². The van der Waals surface area contributed by atoms with Gasteiger partial charge in [0.1, 0.15) is 5.01 Å². The average molecular weight is 398 g/mol. The predicted octanol–water partition coefficient (Wildman–Crippen LogP) is 5.10. The molecule has 3 heterocycles. The summed E-state index contributed by atoms with van der Waals surface area (Å²) in [6, 6.07) is 14.3. The number of benzene rings is 1. The van der Waals surface area contributed by atoms with Crippen LogP contribution in [0.3, 0.4) is 0 Å². The largest absolute Gasteiger partial charge is 0.302 e. The summed E-state index contributed by atoms with van der Waals surface area (Å²) in [6.45, 7) is 0. The molecule has 1 aromatic carbocycles. The van der Waals surface area contributed by atoms with Crippen LogP contribution in [0.2, 0.25) is 0 Å². The summed E-state index contributed by atoms with van der Waals surface area (Å²) in [5.74, 6) is -0.0892. The normalized spacial score (nSPS) is 10.8. The third kappa shape index (κ3) is 4.24. The summed E-state index contributed by atoms with van der Waals surface area (Å²) in [7, 11) is 0. The highest BCUT2D eigenvalue weighted by Crippen LogP contribution is 2.28. The van der Waals surface area contributed by atoms with Gasteiger partial charge in [-0.05, 0) is 17.0 Å². The molecule has 4 aromatic rings. The molecule has 0 spiro atoms. The van der Waals surface area contributed by atoms with Crippen LogP contribution < -0.4 is 5.32 Å². The zero-order valence-electron chi connectivity index (χ0n) is 13.7. The molecule has 0 saturated heterocycles. The van der Waals surface area contributed by atoms with E-state index in [0.717, 1.165) is 26.9 Å². The van der Waals surface area contributed by atoms with Crippen LogP contribution in [0.5, 0.6) is 0 Å². The van der Waals surface area contributed by atoms with E-state index in [4.69, 9.17) is 0 Å². The molecule has 3 aromatic heterocycles. The Bertz CT molecular complexity index is 990. The van der Waals surface area contributed by atoms with E-state index in [9.17, 15) is 4.79 Å². The molecule has 0 unspecified atom stereocenters. The highest BCUT2D eigenvalue weighted by molar-refractivity contribution is 7.20. The highest BCUT2D eigenvalue weighted by Gasteiger charge is 2.11. The van der Waals surface area contributed by atoms with Gasteiger partial charge in [-0.1, -0.05) is 36.4 Å². The van der Waals surface area contributed by atoms with Crippen LogP contribution in [0.4, 0.5) is 5.13 Å². The molecule has 0 bridgehead atoms. The van der Waals surface area contributed by atoms with Gasteiger partial charge in [0, 0.05) is 22.9 Å². The summed E-state index contributed by atoms with van der Waals surface area (Å²) < 4.78 is 0. The fraction of sp³-hybridized carbons (Fsp3) is 0.105. The SMILES string of the molecule is O=C(Cc1csc(-c2cccs2)n1)Nc1ncc(Cc2ccccc2)s1. The highest BCUT2D eigenvalue weighted by atomic mass is 32.1. The van der Waals surface area contributed by atoms with Gasteiger partial charge in [0.05, 0.1) is 17.0 Å². The molecule has 0 saturated carbocycles. The molecule has 1 amide bonds. The number of anilines is 1. The molecule has 0 atom stereocenters. The molecule has 4 rings (SSSR count). The summed E-state index contributed by atoms with van der Waals surface area (Å²) >= 11 is 4.73. The lowest BCUT2D eigenvalue weighted by Crippen LogP contribution is -2.14. The molecule has 26 heavy (non-hydrogen) atoms. The molecule has 0 aliphatic carbocycles. The quantitative estimate of drug-likeness (QED) is 0.492. The fourth-order valence-electron chi connectivity index (χ4n) is 2.47. The Kier molecular flexibility index (Phi) is 5.19. The molecule has 130 valence electrons. The van der Waals surface area contributed by atoms with Crippen molar-refractivity contribution in [1.29, 1.82) is 0 Å². The van der Waals surface area contributed by atoms with Crippen LogP contribution in [0, 0.1) is 0 Å². The van der Waals surface area contributed by atoms with E-state index >= 15 is 0 Å². The molecule has 0 fully saturated rings. The molecule has 7 heteroatoms. The average Bonchev–Trinajstić information content (AvgIpc) is 3.37. The number of carbonyl (C=O) groups is 1. The van der Waals surface area contributed by atoms with Crippen molar-refractivity contribution in [3.8, 4) is 9.88 Å². The van der Waals surface area contributed by atoms with Crippen LogP contribution in [0.15, 0.2) is 59.4 Å². The Morgan fingerprint density at radius 3 is 2.77 bits per heavy atom. The van der Waals surface area contributed by atoms with Crippen molar-refractivity contribution in [2.45, 2.75) is 12.8 Å². The lowest BCUT2D eigenvalue weighted by molar-refractivity contribution is -0.115. The molecule has 0 radical (unpaired) electrons. The number of hydrogen-bond acceptors (Lipinski definition) is 6. The molecular formula is C19H15N3OS3. The van der Waals surface area contributed by atoms with Crippen molar-refractivity contribution >= 4 is 45.0 Å². The van der Waals surface area contributed by atoms with Crippen LogP contribution in [0.25, 0.3) is 9.88 Å². The van der Waals surface area contributed by atoms with E-state index < -0.39 is 0 Å². The number of hydrogen-bond donors (Lipinski definition) is 1. The smallest absolute Gasteiger partial charge is 0.232 e. The standard InChI is InChI=1S/C19H15N3OS3/c23-17(10-14-12-25-18(21-14)16-7-4-8-24-16)22-19-20-11-15(26-19)9-13-5-2-1-3-6-13/h1-8,11-12H,9-10H2,(H,20,22,23). The monoisotopic (exact) mass is 397 g/mol. The Balaban J connectivity index is 1.35. The number of thiazole rings is 2. The van der Waals surface area contributed by atoms with E-state index in [0.29, 0.717) is 5.13 Å². The summed E-state index contributed by atoms with van der Waals surface area (Å²) in [6.07, 6.45) is 2.91. The Hall–Kier alpha value is -2.35. The van der Waals surface area contributed by atoms with E-state index in [1.807, 2.05) is 47.3 Å². The minimum Gasteiger partial charge on any atom is -0.302 e. The number of amides is 1. The second-order valence-electron chi connectivity index (χ2n) is 5.64. The first-order valence-electron chi connectivity index (χ1n) is 8.03. The van der Waals surface area contributed by atoms with Gasteiger partial charge >= 0.3 is 0 Å². The van der Waals surface area contributed by atoms with E-state index in [1.54, 1.807) is 22.7 Å². The lowest BCUT2D eigenvalue weighted by Gasteiger charge is -1.99. The Morgan fingerprint density at radius 1 is 1.08 bits per heavy atom. The third-order valence-electron chi connectivity index (χ3n) is 3.65. The van der Waals surface area contributed by atoms with Crippen LogP contribution in [0.1, 0.15) is 16.1 Å². The first-order valence-corrected chi connectivity index (χ1v) is 10.6. The van der Waals surface area contributed by atoms with E-state index in [1.165, 1.54) is 16.9 Å². The zero-order chi connectivity index (χ0) is 17.8. The number of nitrogens with zero attached hydrogens (tertiary/aromatic N) is 2. The van der Waals surface area contributed by atoms with Crippen molar-refractivity contribution in [3.63, 3.8) is 0 Å². The van der Waals surface area contributed by atoms with E-state index in [-0.39, 0.29) is 12.3 Å². The maximum absolute atomic E-state index is 12.3. The number of thiophene rings is 1. The minimum absolute atomic E-state index is 0.0892.